The first-order valence-electron chi connectivity index (χ1n) is 8.79. The van der Waals surface area contributed by atoms with Gasteiger partial charge in [-0.25, -0.2) is 0 Å². The summed E-state index contributed by atoms with van der Waals surface area (Å²) < 4.78 is 5.38. The Kier molecular flexibility index (Phi) is 4.91. The standard InChI is InChI=1S/C21H22N2O2/c1-3-7-19-17(5-1)9-10-18-6-2-4-8-20(18)21(19)22-25-16-13-23-11-14-24-15-12-23/h1-10H,11-16H2. The molecule has 1 heterocycles. The van der Waals surface area contributed by atoms with Crippen molar-refractivity contribution in [3.05, 3.63) is 66.0 Å². The van der Waals surface area contributed by atoms with Gasteiger partial charge in [0, 0.05) is 30.4 Å². The lowest BCUT2D eigenvalue weighted by atomic mass is 10.1. The molecule has 0 aromatic heterocycles. The van der Waals surface area contributed by atoms with E-state index in [-0.39, 0.29) is 0 Å². The van der Waals surface area contributed by atoms with Crippen LogP contribution in [0.25, 0.3) is 21.5 Å². The molecule has 0 unspecified atom stereocenters. The first-order valence-corrected chi connectivity index (χ1v) is 8.79. The molecule has 3 aromatic carbocycles. The van der Waals surface area contributed by atoms with Crippen LogP contribution in [0.4, 0.5) is 0 Å². The third-order valence-corrected chi connectivity index (χ3v) is 4.63. The van der Waals surface area contributed by atoms with E-state index in [4.69, 9.17) is 9.57 Å². The van der Waals surface area contributed by atoms with Crippen molar-refractivity contribution in [3.63, 3.8) is 0 Å². The Morgan fingerprint density at radius 3 is 2.08 bits per heavy atom. The Morgan fingerprint density at radius 1 is 0.840 bits per heavy atom. The van der Waals surface area contributed by atoms with Gasteiger partial charge in [-0.05, 0) is 10.8 Å². The van der Waals surface area contributed by atoms with Crippen molar-refractivity contribution in [3.8, 4) is 0 Å². The number of fused-ring (bicyclic) bond motifs is 2. The lowest BCUT2D eigenvalue weighted by Crippen LogP contribution is -2.38. The molecule has 0 aliphatic carbocycles. The van der Waals surface area contributed by atoms with E-state index in [0.717, 1.165) is 59.8 Å². The second kappa shape index (κ2) is 7.64. The molecule has 1 saturated heterocycles. The van der Waals surface area contributed by atoms with Gasteiger partial charge in [-0.3, -0.25) is 4.90 Å². The van der Waals surface area contributed by atoms with Crippen molar-refractivity contribution in [2.45, 2.75) is 0 Å². The normalized spacial score (nSPS) is 15.4. The van der Waals surface area contributed by atoms with E-state index in [2.05, 4.69) is 58.6 Å². The SMILES string of the molecule is c1ccc2c(=NOCCN3CCOCC3)c3ccccc3ccc2c1. The van der Waals surface area contributed by atoms with Crippen LogP contribution in [0.5, 0.6) is 0 Å². The van der Waals surface area contributed by atoms with Gasteiger partial charge in [0.1, 0.15) is 12.0 Å². The summed E-state index contributed by atoms with van der Waals surface area (Å²) in [5.41, 5.74) is 0. The Bertz CT molecular complexity index is 872. The third-order valence-electron chi connectivity index (χ3n) is 4.63. The second-order valence-electron chi connectivity index (χ2n) is 6.23. The average molecular weight is 334 g/mol. The minimum atomic E-state index is 0.585. The van der Waals surface area contributed by atoms with Crippen molar-refractivity contribution >= 4 is 21.5 Å². The molecule has 1 aliphatic heterocycles. The zero-order valence-electron chi connectivity index (χ0n) is 14.2. The molecule has 3 aromatic rings. The summed E-state index contributed by atoms with van der Waals surface area (Å²) in [5.74, 6) is 0. The van der Waals surface area contributed by atoms with Crippen molar-refractivity contribution in [2.24, 2.45) is 5.16 Å². The molecular formula is C21H22N2O2. The monoisotopic (exact) mass is 334 g/mol. The zero-order valence-corrected chi connectivity index (χ0v) is 14.2. The number of rotatable bonds is 4. The van der Waals surface area contributed by atoms with E-state index in [1.165, 1.54) is 0 Å². The summed E-state index contributed by atoms with van der Waals surface area (Å²) in [6, 6.07) is 20.9. The fraction of sp³-hybridized carbons (Fsp3) is 0.286. The number of hydrogen-bond donors (Lipinski definition) is 0. The van der Waals surface area contributed by atoms with Crippen LogP contribution in [0.3, 0.4) is 0 Å². The van der Waals surface area contributed by atoms with Crippen molar-refractivity contribution in [2.75, 3.05) is 39.5 Å². The van der Waals surface area contributed by atoms with E-state index in [9.17, 15) is 0 Å². The predicted molar refractivity (Wildman–Crippen MR) is 100 cm³/mol. The van der Waals surface area contributed by atoms with Gasteiger partial charge in [-0.15, -0.1) is 0 Å². The highest BCUT2D eigenvalue weighted by Gasteiger charge is 2.09. The van der Waals surface area contributed by atoms with Crippen molar-refractivity contribution < 1.29 is 9.57 Å². The molecule has 0 atom stereocenters. The molecule has 0 bridgehead atoms. The Hall–Kier alpha value is -2.43. The predicted octanol–water partition coefficient (Wildman–Crippen LogP) is 3.16. The molecule has 1 aliphatic rings. The Morgan fingerprint density at radius 2 is 1.44 bits per heavy atom. The molecule has 0 radical (unpaired) electrons. The van der Waals surface area contributed by atoms with Gasteiger partial charge in [0.2, 0.25) is 0 Å². The lowest BCUT2D eigenvalue weighted by molar-refractivity contribution is 0.0200. The number of ether oxygens (including phenoxy) is 1. The number of hydrogen-bond acceptors (Lipinski definition) is 4. The van der Waals surface area contributed by atoms with Gasteiger partial charge < -0.3 is 9.57 Å². The fourth-order valence-corrected chi connectivity index (χ4v) is 3.24. The summed E-state index contributed by atoms with van der Waals surface area (Å²) in [4.78, 5) is 8.07. The van der Waals surface area contributed by atoms with E-state index in [1.54, 1.807) is 0 Å². The molecule has 128 valence electrons. The molecular weight excluding hydrogens is 312 g/mol. The van der Waals surface area contributed by atoms with Gasteiger partial charge in [0.15, 0.2) is 0 Å². The zero-order chi connectivity index (χ0) is 16.9. The number of morpholine rings is 1. The Balaban J connectivity index is 1.68. The summed E-state index contributed by atoms with van der Waals surface area (Å²) in [6.45, 7) is 5.01. The van der Waals surface area contributed by atoms with Crippen LogP contribution in [-0.2, 0) is 9.57 Å². The van der Waals surface area contributed by atoms with Crippen molar-refractivity contribution in [1.82, 2.24) is 4.90 Å². The first kappa shape index (κ1) is 16.1. The quantitative estimate of drug-likeness (QED) is 0.543. The molecule has 0 amide bonds. The largest absolute Gasteiger partial charge is 0.394 e. The molecule has 0 saturated carbocycles. The molecule has 4 rings (SSSR count). The maximum absolute atomic E-state index is 5.72. The lowest BCUT2D eigenvalue weighted by Gasteiger charge is -2.25. The van der Waals surface area contributed by atoms with Crippen LogP contribution in [0.15, 0.2) is 65.8 Å². The van der Waals surface area contributed by atoms with Crippen LogP contribution in [-0.4, -0.2) is 44.4 Å². The second-order valence-corrected chi connectivity index (χ2v) is 6.23. The van der Waals surface area contributed by atoms with Crippen LogP contribution in [0.2, 0.25) is 0 Å². The van der Waals surface area contributed by atoms with E-state index < -0.39 is 0 Å². The molecule has 1 fully saturated rings. The molecule has 4 heteroatoms. The highest BCUT2D eigenvalue weighted by Crippen LogP contribution is 2.15. The maximum atomic E-state index is 5.72. The smallest absolute Gasteiger partial charge is 0.129 e. The number of nitrogens with zero attached hydrogens (tertiary/aromatic N) is 2. The molecule has 4 nitrogen and oxygen atoms in total. The summed E-state index contributed by atoms with van der Waals surface area (Å²) in [7, 11) is 0. The van der Waals surface area contributed by atoms with Gasteiger partial charge >= 0.3 is 0 Å². The van der Waals surface area contributed by atoms with Crippen molar-refractivity contribution in [1.29, 1.82) is 0 Å². The van der Waals surface area contributed by atoms with Crippen LogP contribution in [0, 0.1) is 0 Å². The average Bonchev–Trinajstić information content (AvgIpc) is 2.83. The van der Waals surface area contributed by atoms with Gasteiger partial charge in [-0.1, -0.05) is 65.8 Å². The van der Waals surface area contributed by atoms with E-state index in [0.29, 0.717) is 6.61 Å². The topological polar surface area (TPSA) is 34.1 Å². The number of benzene rings is 2. The first-order chi connectivity index (χ1) is 12.4. The minimum absolute atomic E-state index is 0.585. The summed E-state index contributed by atoms with van der Waals surface area (Å²) in [6.07, 6.45) is 0. The summed E-state index contributed by atoms with van der Waals surface area (Å²) in [5, 5.41) is 9.97. The molecule has 25 heavy (non-hydrogen) atoms. The van der Waals surface area contributed by atoms with Gasteiger partial charge in [0.25, 0.3) is 0 Å². The Labute approximate surface area is 147 Å². The highest BCUT2D eigenvalue weighted by atomic mass is 16.6. The molecule has 0 N–H and O–H groups in total. The van der Waals surface area contributed by atoms with E-state index >= 15 is 0 Å². The maximum Gasteiger partial charge on any atom is 0.129 e. The fourth-order valence-electron chi connectivity index (χ4n) is 3.24. The highest BCUT2D eigenvalue weighted by molar-refractivity contribution is 5.92. The van der Waals surface area contributed by atoms with Gasteiger partial charge in [0.05, 0.1) is 13.2 Å². The third kappa shape index (κ3) is 3.65. The van der Waals surface area contributed by atoms with Gasteiger partial charge in [-0.2, -0.15) is 0 Å². The minimum Gasteiger partial charge on any atom is -0.394 e. The van der Waals surface area contributed by atoms with E-state index in [1.807, 2.05) is 12.1 Å². The summed E-state index contributed by atoms with van der Waals surface area (Å²) >= 11 is 0. The van der Waals surface area contributed by atoms with Crippen LogP contribution < -0.4 is 5.36 Å². The van der Waals surface area contributed by atoms with Crippen LogP contribution >= 0.6 is 0 Å². The van der Waals surface area contributed by atoms with Crippen LogP contribution in [0.1, 0.15) is 0 Å². The molecule has 0 spiro atoms.